The Morgan fingerprint density at radius 3 is 2.48 bits per heavy atom. The minimum atomic E-state index is -3.83. The summed E-state index contributed by atoms with van der Waals surface area (Å²) in [5.41, 5.74) is 0.503. The molecule has 0 fully saturated rings. The van der Waals surface area contributed by atoms with Crippen molar-refractivity contribution in [2.24, 2.45) is 0 Å². The molecule has 0 amide bonds. The third-order valence-corrected chi connectivity index (χ3v) is 5.30. The van der Waals surface area contributed by atoms with E-state index in [1.807, 2.05) is 0 Å². The van der Waals surface area contributed by atoms with E-state index in [-0.39, 0.29) is 20.9 Å². The molecule has 0 atom stereocenters. The summed E-state index contributed by atoms with van der Waals surface area (Å²) in [5.74, 6) is -1.13. The van der Waals surface area contributed by atoms with Crippen LogP contribution >= 0.6 is 27.5 Å². The molecule has 0 saturated carbocycles. The van der Waals surface area contributed by atoms with E-state index in [1.54, 1.807) is 0 Å². The molecule has 0 radical (unpaired) electrons. The first kappa shape index (κ1) is 16.4. The fraction of sp³-hybridized carbons (Fsp3) is 0.0769. The highest BCUT2D eigenvalue weighted by Crippen LogP contribution is 2.23. The average Bonchev–Trinajstić information content (AvgIpc) is 2.40. The second-order valence-corrected chi connectivity index (χ2v) is 7.14. The third-order valence-electron chi connectivity index (χ3n) is 2.63. The maximum absolute atomic E-state index is 13.0. The van der Waals surface area contributed by atoms with Crippen molar-refractivity contribution in [3.05, 3.63) is 63.1 Å². The van der Waals surface area contributed by atoms with Crippen molar-refractivity contribution in [2.75, 3.05) is 0 Å². The summed E-state index contributed by atoms with van der Waals surface area (Å²) in [6.45, 7) is -0.0633. The predicted octanol–water partition coefficient (Wildman–Crippen LogP) is 3.86. The molecule has 8 heteroatoms. The van der Waals surface area contributed by atoms with Crippen LogP contribution in [0.25, 0.3) is 0 Å². The van der Waals surface area contributed by atoms with Crippen LogP contribution in [0.15, 0.2) is 45.8 Å². The average molecular weight is 397 g/mol. The van der Waals surface area contributed by atoms with E-state index in [0.29, 0.717) is 5.56 Å². The van der Waals surface area contributed by atoms with Gasteiger partial charge in [-0.2, -0.15) is 0 Å². The van der Waals surface area contributed by atoms with Crippen LogP contribution in [0.3, 0.4) is 0 Å². The molecule has 0 unspecified atom stereocenters. The smallest absolute Gasteiger partial charge is 0.207 e. The summed E-state index contributed by atoms with van der Waals surface area (Å²) in [7, 11) is -3.83. The number of hydrogen-bond donors (Lipinski definition) is 1. The Kier molecular flexibility index (Phi) is 4.98. The Labute approximate surface area is 134 Å². The van der Waals surface area contributed by atoms with Gasteiger partial charge in [-0.15, -0.1) is 0 Å². The number of halogens is 4. The van der Waals surface area contributed by atoms with Gasteiger partial charge in [0.25, 0.3) is 0 Å². The molecule has 0 aliphatic heterocycles. The van der Waals surface area contributed by atoms with Crippen LogP contribution in [0.4, 0.5) is 8.78 Å². The first-order chi connectivity index (χ1) is 9.79. The van der Waals surface area contributed by atoms with Gasteiger partial charge in [-0.25, -0.2) is 21.9 Å². The van der Waals surface area contributed by atoms with Gasteiger partial charge in [-0.05, 0) is 51.8 Å². The topological polar surface area (TPSA) is 46.2 Å². The normalized spacial score (nSPS) is 11.6. The summed E-state index contributed by atoms with van der Waals surface area (Å²) in [4.78, 5) is -0.0860. The lowest BCUT2D eigenvalue weighted by Crippen LogP contribution is -2.23. The van der Waals surface area contributed by atoms with Gasteiger partial charge in [0.15, 0.2) is 0 Å². The molecular weight excluding hydrogens is 388 g/mol. The van der Waals surface area contributed by atoms with E-state index in [2.05, 4.69) is 20.7 Å². The van der Waals surface area contributed by atoms with Gasteiger partial charge in [0.05, 0.1) is 9.92 Å². The Balaban J connectivity index is 2.19. The molecule has 0 aliphatic rings. The zero-order valence-corrected chi connectivity index (χ0v) is 13.6. The highest BCUT2D eigenvalue weighted by molar-refractivity contribution is 9.10. The summed E-state index contributed by atoms with van der Waals surface area (Å²) >= 11 is 8.62. The van der Waals surface area contributed by atoms with Crippen molar-refractivity contribution in [3.63, 3.8) is 0 Å². The highest BCUT2D eigenvalue weighted by Gasteiger charge is 2.17. The number of hydrogen-bond acceptors (Lipinski definition) is 2. The van der Waals surface area contributed by atoms with Gasteiger partial charge in [0.1, 0.15) is 11.6 Å². The Hall–Kier alpha value is -1.02. The summed E-state index contributed by atoms with van der Waals surface area (Å²) < 4.78 is 52.7. The molecule has 0 aliphatic carbocycles. The molecule has 3 nitrogen and oxygen atoms in total. The lowest BCUT2D eigenvalue weighted by atomic mass is 10.2. The van der Waals surface area contributed by atoms with E-state index < -0.39 is 21.7 Å². The molecule has 0 spiro atoms. The van der Waals surface area contributed by atoms with Crippen molar-refractivity contribution in [3.8, 4) is 0 Å². The number of nitrogens with one attached hydrogen (secondary N) is 1. The predicted molar refractivity (Wildman–Crippen MR) is 79.5 cm³/mol. The maximum Gasteiger partial charge on any atom is 0.241 e. The lowest BCUT2D eigenvalue weighted by Gasteiger charge is -2.09. The van der Waals surface area contributed by atoms with Gasteiger partial charge >= 0.3 is 0 Å². The fourth-order valence-electron chi connectivity index (χ4n) is 1.60. The van der Waals surface area contributed by atoms with Gasteiger partial charge in [-0.1, -0.05) is 17.7 Å². The molecule has 2 rings (SSSR count). The van der Waals surface area contributed by atoms with Gasteiger partial charge in [0.2, 0.25) is 10.0 Å². The largest absolute Gasteiger partial charge is 0.241 e. The van der Waals surface area contributed by atoms with Crippen LogP contribution in [0.2, 0.25) is 5.02 Å². The Bertz CT molecular complexity index is 784. The first-order valence-corrected chi connectivity index (χ1v) is 8.33. The molecule has 2 aromatic carbocycles. The van der Waals surface area contributed by atoms with Gasteiger partial charge < -0.3 is 0 Å². The summed E-state index contributed by atoms with van der Waals surface area (Å²) in [5, 5.41) is -0.0883. The summed E-state index contributed by atoms with van der Waals surface area (Å²) in [6.07, 6.45) is 0. The second kappa shape index (κ2) is 6.39. The molecule has 0 aromatic heterocycles. The molecule has 0 heterocycles. The van der Waals surface area contributed by atoms with Gasteiger partial charge in [0, 0.05) is 11.0 Å². The van der Waals surface area contributed by atoms with Crippen LogP contribution < -0.4 is 4.72 Å². The van der Waals surface area contributed by atoms with Crippen LogP contribution in [-0.4, -0.2) is 8.42 Å². The number of rotatable bonds is 4. The lowest BCUT2D eigenvalue weighted by molar-refractivity contribution is 0.579. The summed E-state index contributed by atoms with van der Waals surface area (Å²) in [6, 6.07) is 7.17. The minimum Gasteiger partial charge on any atom is -0.207 e. The molecule has 1 N–H and O–H groups in total. The zero-order chi connectivity index (χ0) is 15.6. The van der Waals surface area contributed by atoms with E-state index in [4.69, 9.17) is 11.6 Å². The molecule has 0 saturated heterocycles. The molecule has 112 valence electrons. The SMILES string of the molecule is O=S(=O)(NCc1ccc(F)c(Cl)c1)c1ccc(F)cc1Br. The first-order valence-electron chi connectivity index (χ1n) is 5.68. The van der Waals surface area contributed by atoms with Crippen LogP contribution in [0, 0.1) is 11.6 Å². The van der Waals surface area contributed by atoms with Crippen molar-refractivity contribution < 1.29 is 17.2 Å². The van der Waals surface area contributed by atoms with E-state index >= 15 is 0 Å². The van der Waals surface area contributed by atoms with E-state index in [9.17, 15) is 17.2 Å². The molecule has 21 heavy (non-hydrogen) atoms. The molecule has 2 aromatic rings. The van der Waals surface area contributed by atoms with E-state index in [1.165, 1.54) is 12.1 Å². The minimum absolute atomic E-state index is 0.0633. The van der Waals surface area contributed by atoms with Crippen molar-refractivity contribution in [1.82, 2.24) is 4.72 Å². The molecular formula is C13H9BrClF2NO2S. The molecule has 0 bridgehead atoms. The van der Waals surface area contributed by atoms with E-state index in [0.717, 1.165) is 24.3 Å². The second-order valence-electron chi connectivity index (χ2n) is 4.15. The fourth-order valence-corrected chi connectivity index (χ4v) is 3.87. The third kappa shape index (κ3) is 4.00. The highest BCUT2D eigenvalue weighted by atomic mass is 79.9. The number of benzene rings is 2. The van der Waals surface area contributed by atoms with Crippen molar-refractivity contribution in [1.29, 1.82) is 0 Å². The van der Waals surface area contributed by atoms with Crippen LogP contribution in [-0.2, 0) is 16.6 Å². The van der Waals surface area contributed by atoms with Crippen molar-refractivity contribution >= 4 is 37.6 Å². The van der Waals surface area contributed by atoms with Crippen molar-refractivity contribution in [2.45, 2.75) is 11.4 Å². The Morgan fingerprint density at radius 2 is 1.86 bits per heavy atom. The number of sulfonamides is 1. The van der Waals surface area contributed by atoms with Gasteiger partial charge in [-0.3, -0.25) is 0 Å². The monoisotopic (exact) mass is 395 g/mol. The zero-order valence-electron chi connectivity index (χ0n) is 10.4. The van der Waals surface area contributed by atoms with Crippen LogP contribution in [0.1, 0.15) is 5.56 Å². The maximum atomic E-state index is 13.0. The standard InChI is InChI=1S/C13H9BrClF2NO2S/c14-10-6-9(16)2-4-13(10)21(19,20)18-7-8-1-3-12(17)11(15)5-8/h1-6,18H,7H2. The van der Waals surface area contributed by atoms with Crippen LogP contribution in [0.5, 0.6) is 0 Å². The quantitative estimate of drug-likeness (QED) is 0.853. The Morgan fingerprint density at radius 1 is 1.14 bits per heavy atom.